The molecule has 0 amide bonds. The van der Waals surface area contributed by atoms with Crippen LogP contribution in [0.5, 0.6) is 0 Å². The van der Waals surface area contributed by atoms with Crippen molar-refractivity contribution in [3.63, 3.8) is 0 Å². The van der Waals surface area contributed by atoms with Gasteiger partial charge in [0.05, 0.1) is 5.92 Å². The van der Waals surface area contributed by atoms with Gasteiger partial charge in [-0.2, -0.15) is 0 Å². The molecule has 0 aliphatic heterocycles. The van der Waals surface area contributed by atoms with Crippen LogP contribution in [-0.2, 0) is 0 Å². The van der Waals surface area contributed by atoms with Crippen LogP contribution in [0, 0.1) is 23.2 Å². The van der Waals surface area contributed by atoms with Gasteiger partial charge in [0.2, 0.25) is 5.39 Å². The Labute approximate surface area is 90.8 Å². The summed E-state index contributed by atoms with van der Waals surface area (Å²) in [6.07, 6.45) is 5.15. The zero-order valence-corrected chi connectivity index (χ0v) is 9.16. The van der Waals surface area contributed by atoms with Gasteiger partial charge in [0.1, 0.15) is 0 Å². The van der Waals surface area contributed by atoms with Gasteiger partial charge in [0.15, 0.2) is 10.7 Å². The molecule has 0 spiro atoms. The number of hydrogen-bond acceptors (Lipinski definition) is 2. The van der Waals surface area contributed by atoms with Crippen LogP contribution < -0.4 is 0 Å². The van der Waals surface area contributed by atoms with E-state index >= 15 is 0 Å². The van der Waals surface area contributed by atoms with E-state index in [0.29, 0.717) is 12.1 Å². The molecule has 0 saturated heterocycles. The van der Waals surface area contributed by atoms with Gasteiger partial charge in [-0.15, -0.1) is 11.8 Å². The Hall–Kier alpha value is -1.48. The second-order valence-electron chi connectivity index (χ2n) is 3.77. The molecule has 1 unspecified atom stereocenters. The summed E-state index contributed by atoms with van der Waals surface area (Å²) in [5.74, 6) is 6.50. The molecule has 0 aromatic rings. The highest BCUT2D eigenvalue weighted by Gasteiger charge is 2.32. The van der Waals surface area contributed by atoms with E-state index in [-0.39, 0.29) is 11.7 Å². The van der Waals surface area contributed by atoms with Crippen molar-refractivity contribution < 1.29 is 5.11 Å². The molecule has 1 aliphatic carbocycles. The highest BCUT2D eigenvalue weighted by Crippen LogP contribution is 2.32. The number of nitrogens with zero attached hydrogens (tertiary/aromatic N) is 2. The molecule has 3 heteroatoms. The first-order valence-corrected chi connectivity index (χ1v) is 5.52. The molecule has 0 aromatic carbocycles. The van der Waals surface area contributed by atoms with Gasteiger partial charge in [0, 0.05) is 19.3 Å². The zero-order valence-electron chi connectivity index (χ0n) is 9.16. The van der Waals surface area contributed by atoms with Crippen molar-refractivity contribution in [2.24, 2.45) is 5.92 Å². The third-order valence-electron chi connectivity index (χ3n) is 2.68. The highest BCUT2D eigenvalue weighted by atomic mass is 16.3. The lowest BCUT2D eigenvalue weighted by Gasteiger charge is -2.13. The lowest BCUT2D eigenvalue weighted by atomic mass is 9.88. The number of aliphatic hydroxyl groups is 1. The maximum absolute atomic E-state index is 9.53. The van der Waals surface area contributed by atoms with Crippen LogP contribution in [0.1, 0.15) is 45.4 Å². The summed E-state index contributed by atoms with van der Waals surface area (Å²) in [4.78, 5) is 3.19. The lowest BCUT2D eigenvalue weighted by Crippen LogP contribution is -2.10. The molecule has 0 bridgehead atoms. The molecular weight excluding hydrogens is 188 g/mol. The second-order valence-corrected chi connectivity index (χ2v) is 3.77. The minimum absolute atomic E-state index is 0.176. The third-order valence-corrected chi connectivity index (χ3v) is 2.68. The van der Waals surface area contributed by atoms with Crippen LogP contribution >= 0.6 is 0 Å². The van der Waals surface area contributed by atoms with Crippen LogP contribution in [-0.4, -0.2) is 5.11 Å². The van der Waals surface area contributed by atoms with E-state index in [1.165, 1.54) is 0 Å². The largest absolute Gasteiger partial charge is 0.505 e. The number of hydrogen-bond donors (Lipinski definition) is 1. The van der Waals surface area contributed by atoms with Gasteiger partial charge in [0.25, 0.3) is 0 Å². The molecule has 0 saturated carbocycles. The van der Waals surface area contributed by atoms with Crippen LogP contribution in [0.25, 0.3) is 4.98 Å². The fraction of sp³-hybridized carbons (Fsp3) is 0.667. The number of allylic oxidation sites excluding steroid dienone is 2. The molecule has 3 nitrogen and oxygen atoms in total. The van der Waals surface area contributed by atoms with Gasteiger partial charge in [-0.05, 0) is 19.3 Å². The molecular formula is C12H17N2O+. The van der Waals surface area contributed by atoms with E-state index in [1.807, 2.05) is 6.92 Å². The Morgan fingerprint density at radius 3 is 3.00 bits per heavy atom. The van der Waals surface area contributed by atoms with Gasteiger partial charge in [-0.3, -0.25) is 0 Å². The van der Waals surface area contributed by atoms with Crippen molar-refractivity contribution in [3.8, 4) is 11.8 Å². The first kappa shape index (κ1) is 11.6. The fourth-order valence-corrected chi connectivity index (χ4v) is 1.90. The Morgan fingerprint density at radius 2 is 2.33 bits per heavy atom. The molecule has 80 valence electrons. The number of aliphatic hydroxyl groups excluding tert-OH is 1. The third kappa shape index (κ3) is 3.29. The van der Waals surface area contributed by atoms with E-state index in [0.717, 1.165) is 32.1 Å². The first-order chi connectivity index (χ1) is 7.29. The monoisotopic (exact) mass is 205 g/mol. The van der Waals surface area contributed by atoms with Crippen LogP contribution in [0.3, 0.4) is 0 Å². The topological polar surface area (TPSA) is 48.4 Å². The SMILES string of the molecule is CCC#CCCC1CCCC(O)=C1[N+]#N. The van der Waals surface area contributed by atoms with Crippen LogP contribution in [0.4, 0.5) is 0 Å². The smallest absolute Gasteiger partial charge is 0.401 e. The molecule has 0 aromatic heterocycles. The van der Waals surface area contributed by atoms with Gasteiger partial charge < -0.3 is 5.11 Å². The first-order valence-electron chi connectivity index (χ1n) is 5.52. The zero-order chi connectivity index (χ0) is 11.1. The summed E-state index contributed by atoms with van der Waals surface area (Å²) in [5, 5.41) is 18.3. The van der Waals surface area contributed by atoms with E-state index in [1.54, 1.807) is 0 Å². The van der Waals surface area contributed by atoms with Gasteiger partial charge >= 0.3 is 5.70 Å². The highest BCUT2D eigenvalue weighted by molar-refractivity contribution is 5.20. The molecule has 1 N–H and O–H groups in total. The average molecular weight is 205 g/mol. The maximum atomic E-state index is 9.53. The molecule has 1 atom stereocenters. The normalized spacial score (nSPS) is 20.4. The summed E-state index contributed by atoms with van der Waals surface area (Å²) in [6.45, 7) is 2.02. The molecule has 1 aliphatic rings. The van der Waals surface area contributed by atoms with Crippen LogP contribution in [0.2, 0.25) is 0 Å². The van der Waals surface area contributed by atoms with Crippen molar-refractivity contribution in [2.75, 3.05) is 0 Å². The maximum Gasteiger partial charge on any atom is 0.401 e. The Morgan fingerprint density at radius 1 is 1.53 bits per heavy atom. The van der Waals surface area contributed by atoms with Gasteiger partial charge in [-0.1, -0.05) is 6.92 Å². The van der Waals surface area contributed by atoms with E-state index in [2.05, 4.69) is 16.8 Å². The van der Waals surface area contributed by atoms with E-state index < -0.39 is 0 Å². The molecule has 1 rings (SSSR count). The summed E-state index contributed by atoms with van der Waals surface area (Å²) in [5.41, 5.74) is 0.472. The van der Waals surface area contributed by atoms with Crippen molar-refractivity contribution in [2.45, 2.75) is 45.4 Å². The fourth-order valence-electron chi connectivity index (χ4n) is 1.90. The second kappa shape index (κ2) is 6.09. The molecule has 15 heavy (non-hydrogen) atoms. The summed E-state index contributed by atoms with van der Waals surface area (Å²) in [6, 6.07) is 0. The van der Waals surface area contributed by atoms with Crippen molar-refractivity contribution in [3.05, 3.63) is 16.4 Å². The lowest BCUT2D eigenvalue weighted by molar-refractivity contribution is 0.332. The predicted molar refractivity (Wildman–Crippen MR) is 59.4 cm³/mol. The summed E-state index contributed by atoms with van der Waals surface area (Å²) in [7, 11) is 0. The van der Waals surface area contributed by atoms with Crippen molar-refractivity contribution in [1.29, 1.82) is 5.39 Å². The molecule has 0 heterocycles. The number of diazo groups is 1. The molecule has 0 fully saturated rings. The van der Waals surface area contributed by atoms with Crippen LogP contribution in [0.15, 0.2) is 11.5 Å². The van der Waals surface area contributed by atoms with Crippen molar-refractivity contribution in [1.82, 2.24) is 0 Å². The number of rotatable bonds is 2. The van der Waals surface area contributed by atoms with Gasteiger partial charge in [-0.25, -0.2) is 0 Å². The minimum atomic E-state index is 0.176. The average Bonchev–Trinajstić information content (AvgIpc) is 2.24. The minimum Gasteiger partial charge on any atom is -0.505 e. The van der Waals surface area contributed by atoms with E-state index in [4.69, 9.17) is 5.39 Å². The Kier molecular flexibility index (Phi) is 4.71. The quantitative estimate of drug-likeness (QED) is 0.553. The van der Waals surface area contributed by atoms with E-state index in [9.17, 15) is 5.11 Å². The summed E-state index contributed by atoms with van der Waals surface area (Å²) >= 11 is 0. The van der Waals surface area contributed by atoms with Crippen molar-refractivity contribution >= 4 is 0 Å². The standard InChI is InChI=1S/C12H16N2O/c1-2-3-4-5-7-10-8-6-9-11(15)12(10)14-13/h10H,2,5-9H2,1H3/p+1. The predicted octanol–water partition coefficient (Wildman–Crippen LogP) is 3.60. The molecule has 0 radical (unpaired) electrons. The summed E-state index contributed by atoms with van der Waals surface area (Å²) < 4.78 is 0. The Balaban J connectivity index is 2.54. The Bertz CT molecular complexity index is 341.